The standard InChI is InChI=1S/C21H26N2O2/c1-16-12-13-23(20(14-16)22-19-6-4-3-5-7-19)21(24)18-10-8-17(9-11-18)15-25-2/h8-14,19H,3-7,15H2,1-2H3. The maximum Gasteiger partial charge on any atom is 0.263 e. The zero-order valence-corrected chi connectivity index (χ0v) is 15.1. The number of carbonyl (C=O) groups excluding carboxylic acids is 1. The Morgan fingerprint density at radius 1 is 1.16 bits per heavy atom. The Labute approximate surface area is 149 Å². The van der Waals surface area contributed by atoms with E-state index in [1.807, 2.05) is 49.5 Å². The van der Waals surface area contributed by atoms with Gasteiger partial charge in [-0.05, 0) is 55.2 Å². The maximum absolute atomic E-state index is 13.0. The minimum absolute atomic E-state index is 0.0430. The average molecular weight is 338 g/mol. The Balaban J connectivity index is 1.92. The van der Waals surface area contributed by atoms with Gasteiger partial charge in [-0.1, -0.05) is 31.4 Å². The average Bonchev–Trinajstić information content (AvgIpc) is 2.63. The zero-order chi connectivity index (χ0) is 17.6. The highest BCUT2D eigenvalue weighted by molar-refractivity contribution is 5.95. The third kappa shape index (κ3) is 4.45. The van der Waals surface area contributed by atoms with Crippen LogP contribution in [0.2, 0.25) is 0 Å². The lowest BCUT2D eigenvalue weighted by molar-refractivity contribution is 0.0954. The first kappa shape index (κ1) is 17.6. The van der Waals surface area contributed by atoms with Gasteiger partial charge in [0.05, 0.1) is 12.6 Å². The highest BCUT2D eigenvalue weighted by Crippen LogP contribution is 2.19. The number of pyridine rings is 1. The first-order chi connectivity index (χ1) is 12.2. The van der Waals surface area contributed by atoms with Crippen molar-refractivity contribution in [1.82, 2.24) is 4.57 Å². The van der Waals surface area contributed by atoms with Crippen molar-refractivity contribution in [3.05, 3.63) is 64.8 Å². The van der Waals surface area contributed by atoms with Crippen LogP contribution in [0.5, 0.6) is 0 Å². The van der Waals surface area contributed by atoms with Crippen molar-refractivity contribution in [2.75, 3.05) is 7.11 Å². The second kappa shape index (κ2) is 8.26. The van der Waals surface area contributed by atoms with E-state index < -0.39 is 0 Å². The molecule has 1 fully saturated rings. The second-order valence-corrected chi connectivity index (χ2v) is 6.79. The molecule has 0 spiro atoms. The molecule has 0 bridgehead atoms. The van der Waals surface area contributed by atoms with Gasteiger partial charge in [-0.2, -0.15) is 0 Å². The number of hydrogen-bond acceptors (Lipinski definition) is 3. The summed E-state index contributed by atoms with van der Waals surface area (Å²) in [7, 11) is 1.67. The van der Waals surface area contributed by atoms with E-state index in [1.54, 1.807) is 11.7 Å². The molecule has 2 aromatic rings. The van der Waals surface area contributed by atoms with Gasteiger partial charge in [-0.3, -0.25) is 14.4 Å². The highest BCUT2D eigenvalue weighted by Gasteiger charge is 2.14. The maximum atomic E-state index is 13.0. The predicted molar refractivity (Wildman–Crippen MR) is 98.5 cm³/mol. The summed E-state index contributed by atoms with van der Waals surface area (Å²) in [5, 5.41) is 0. The molecule has 4 heteroatoms. The van der Waals surface area contributed by atoms with E-state index in [1.165, 1.54) is 19.3 Å². The van der Waals surface area contributed by atoms with Crippen LogP contribution < -0.4 is 5.49 Å². The monoisotopic (exact) mass is 338 g/mol. The Morgan fingerprint density at radius 2 is 1.88 bits per heavy atom. The third-order valence-corrected chi connectivity index (χ3v) is 4.71. The van der Waals surface area contributed by atoms with Gasteiger partial charge in [0.2, 0.25) is 0 Å². The van der Waals surface area contributed by atoms with Gasteiger partial charge in [-0.25, -0.2) is 0 Å². The van der Waals surface area contributed by atoms with Crippen LogP contribution in [0, 0.1) is 6.92 Å². The van der Waals surface area contributed by atoms with Crippen molar-refractivity contribution < 1.29 is 9.53 Å². The van der Waals surface area contributed by atoms with E-state index in [0.717, 1.165) is 29.5 Å². The first-order valence-corrected chi connectivity index (χ1v) is 9.03. The molecule has 0 N–H and O–H groups in total. The van der Waals surface area contributed by atoms with E-state index in [0.29, 0.717) is 18.2 Å². The fourth-order valence-corrected chi connectivity index (χ4v) is 3.31. The molecule has 1 aromatic heterocycles. The fraction of sp³-hybridized carbons (Fsp3) is 0.429. The molecule has 1 saturated carbocycles. The number of carbonyl (C=O) groups is 1. The number of hydrogen-bond donors (Lipinski definition) is 0. The number of rotatable bonds is 4. The molecule has 0 aliphatic heterocycles. The van der Waals surface area contributed by atoms with E-state index >= 15 is 0 Å². The molecular weight excluding hydrogens is 312 g/mol. The second-order valence-electron chi connectivity index (χ2n) is 6.79. The lowest BCUT2D eigenvalue weighted by Gasteiger charge is -2.18. The van der Waals surface area contributed by atoms with E-state index in [4.69, 9.17) is 9.73 Å². The molecule has 0 atom stereocenters. The van der Waals surface area contributed by atoms with Crippen LogP contribution in [0.25, 0.3) is 0 Å². The van der Waals surface area contributed by atoms with Crippen molar-refractivity contribution in [3.63, 3.8) is 0 Å². The minimum Gasteiger partial charge on any atom is -0.380 e. The molecule has 0 amide bonds. The number of benzene rings is 1. The molecule has 1 aliphatic carbocycles. The highest BCUT2D eigenvalue weighted by atomic mass is 16.5. The van der Waals surface area contributed by atoms with Gasteiger partial charge >= 0.3 is 0 Å². The van der Waals surface area contributed by atoms with Crippen LogP contribution in [0.4, 0.5) is 0 Å². The van der Waals surface area contributed by atoms with E-state index in [-0.39, 0.29) is 5.91 Å². The van der Waals surface area contributed by atoms with Crippen LogP contribution in [0.1, 0.15) is 53.6 Å². The summed E-state index contributed by atoms with van der Waals surface area (Å²) in [4.78, 5) is 17.9. The number of aryl methyl sites for hydroxylation is 1. The molecule has 0 saturated heterocycles. The summed E-state index contributed by atoms with van der Waals surface area (Å²) in [6.07, 6.45) is 7.83. The van der Waals surface area contributed by atoms with E-state index in [2.05, 4.69) is 0 Å². The zero-order valence-electron chi connectivity index (χ0n) is 15.1. The summed E-state index contributed by atoms with van der Waals surface area (Å²) in [5.41, 5.74) is 3.60. The lowest BCUT2D eigenvalue weighted by Crippen LogP contribution is -2.29. The molecular formula is C21H26N2O2. The Hall–Kier alpha value is -2.20. The van der Waals surface area contributed by atoms with Gasteiger partial charge < -0.3 is 4.74 Å². The Bertz CT molecular complexity index is 784. The van der Waals surface area contributed by atoms with Crippen molar-refractivity contribution in [2.24, 2.45) is 4.99 Å². The number of methoxy groups -OCH3 is 1. The summed E-state index contributed by atoms with van der Waals surface area (Å²) < 4.78 is 6.80. The summed E-state index contributed by atoms with van der Waals surface area (Å²) in [5.74, 6) is -0.0430. The van der Waals surface area contributed by atoms with Crippen molar-refractivity contribution in [1.29, 1.82) is 0 Å². The van der Waals surface area contributed by atoms with Crippen LogP contribution in [-0.4, -0.2) is 23.6 Å². The number of aromatic nitrogens is 1. The quantitative estimate of drug-likeness (QED) is 0.849. The van der Waals surface area contributed by atoms with Crippen LogP contribution in [0.3, 0.4) is 0 Å². The largest absolute Gasteiger partial charge is 0.380 e. The Morgan fingerprint density at radius 3 is 2.56 bits per heavy atom. The Kier molecular flexibility index (Phi) is 5.82. The van der Waals surface area contributed by atoms with E-state index in [9.17, 15) is 4.79 Å². The number of nitrogens with zero attached hydrogens (tertiary/aromatic N) is 2. The van der Waals surface area contributed by atoms with Crippen LogP contribution in [0.15, 0.2) is 47.6 Å². The molecule has 4 nitrogen and oxygen atoms in total. The van der Waals surface area contributed by atoms with Crippen LogP contribution in [-0.2, 0) is 11.3 Å². The first-order valence-electron chi connectivity index (χ1n) is 9.03. The SMILES string of the molecule is COCc1ccc(C(=O)n2ccc(C)cc2=NC2CCCCC2)cc1. The molecule has 1 heterocycles. The topological polar surface area (TPSA) is 43.6 Å². The lowest BCUT2D eigenvalue weighted by atomic mass is 9.96. The molecule has 25 heavy (non-hydrogen) atoms. The normalized spacial score (nSPS) is 16.2. The smallest absolute Gasteiger partial charge is 0.263 e. The van der Waals surface area contributed by atoms with Crippen molar-refractivity contribution in [2.45, 2.75) is 51.7 Å². The molecule has 132 valence electrons. The van der Waals surface area contributed by atoms with Crippen molar-refractivity contribution >= 4 is 5.91 Å². The molecule has 1 aliphatic rings. The van der Waals surface area contributed by atoms with Gasteiger partial charge in [0.1, 0.15) is 5.49 Å². The summed E-state index contributed by atoms with van der Waals surface area (Å²) in [6.45, 7) is 2.59. The summed E-state index contributed by atoms with van der Waals surface area (Å²) >= 11 is 0. The van der Waals surface area contributed by atoms with Crippen molar-refractivity contribution in [3.8, 4) is 0 Å². The predicted octanol–water partition coefficient (Wildman–Crippen LogP) is 3.86. The number of ether oxygens (including phenoxy) is 1. The molecule has 1 aromatic carbocycles. The molecule has 0 radical (unpaired) electrons. The van der Waals surface area contributed by atoms with Gasteiger partial charge in [-0.15, -0.1) is 0 Å². The van der Waals surface area contributed by atoms with Gasteiger partial charge in [0.15, 0.2) is 0 Å². The summed E-state index contributed by atoms with van der Waals surface area (Å²) in [6, 6.07) is 11.9. The third-order valence-electron chi connectivity index (χ3n) is 4.71. The fourth-order valence-electron chi connectivity index (χ4n) is 3.31. The van der Waals surface area contributed by atoms with Crippen LogP contribution >= 0.6 is 0 Å². The van der Waals surface area contributed by atoms with Gasteiger partial charge in [0, 0.05) is 18.9 Å². The molecule has 0 unspecified atom stereocenters. The minimum atomic E-state index is -0.0430. The molecule has 3 rings (SSSR count). The van der Waals surface area contributed by atoms with Gasteiger partial charge in [0.25, 0.3) is 5.91 Å².